The Hall–Kier alpha value is -3.56. The van der Waals surface area contributed by atoms with Crippen LogP contribution in [0, 0.1) is 13.8 Å². The number of hydrogen-bond donors (Lipinski definition) is 3. The Morgan fingerprint density at radius 2 is 2.06 bits per heavy atom. The second-order valence-electron chi connectivity index (χ2n) is 7.68. The van der Waals surface area contributed by atoms with Gasteiger partial charge in [-0.05, 0) is 43.7 Å². The predicted molar refractivity (Wildman–Crippen MR) is 118 cm³/mol. The van der Waals surface area contributed by atoms with Gasteiger partial charge in [0.1, 0.15) is 0 Å². The third kappa shape index (κ3) is 4.96. The minimum absolute atomic E-state index is 0.224. The van der Waals surface area contributed by atoms with E-state index in [4.69, 9.17) is 0 Å². The fraction of sp³-hybridized carbons (Fsp3) is 0.273. The molecule has 3 aromatic rings. The average Bonchev–Trinajstić information content (AvgIpc) is 3.07. The first-order valence-corrected chi connectivity index (χ1v) is 10.0. The van der Waals surface area contributed by atoms with Crippen LogP contribution in [0.2, 0.25) is 0 Å². The van der Waals surface area contributed by atoms with E-state index in [-0.39, 0.29) is 12.0 Å². The molecule has 9 nitrogen and oxygen atoms in total. The first-order chi connectivity index (χ1) is 14.9. The van der Waals surface area contributed by atoms with Crippen molar-refractivity contribution in [2.24, 2.45) is 0 Å². The van der Waals surface area contributed by atoms with Gasteiger partial charge in [0.2, 0.25) is 11.9 Å². The SMILES string of the molecule is C=CC(=O)Nc1cc(C)cc(Nc2nccc(-n3cc(CN4CC(O)C4)c(C)n3)n2)c1. The van der Waals surface area contributed by atoms with E-state index in [1.807, 2.05) is 38.2 Å². The highest BCUT2D eigenvalue weighted by Crippen LogP contribution is 2.22. The first kappa shape index (κ1) is 20.7. The second-order valence-corrected chi connectivity index (χ2v) is 7.68. The molecular weight excluding hydrogens is 394 g/mol. The van der Waals surface area contributed by atoms with Gasteiger partial charge in [0.05, 0.1) is 11.8 Å². The molecule has 1 aromatic carbocycles. The molecule has 0 bridgehead atoms. The number of benzene rings is 1. The number of amides is 1. The number of likely N-dealkylation sites (tertiary alicyclic amines) is 1. The molecule has 1 saturated heterocycles. The molecule has 0 aliphatic carbocycles. The average molecular weight is 419 g/mol. The number of nitrogens with one attached hydrogen (secondary N) is 2. The van der Waals surface area contributed by atoms with Crippen LogP contribution < -0.4 is 10.6 Å². The number of carbonyl (C=O) groups is 1. The molecule has 9 heteroatoms. The summed E-state index contributed by atoms with van der Waals surface area (Å²) in [7, 11) is 0. The highest BCUT2D eigenvalue weighted by molar-refractivity contribution is 5.99. The summed E-state index contributed by atoms with van der Waals surface area (Å²) in [4.78, 5) is 22.7. The number of rotatable bonds is 7. The van der Waals surface area contributed by atoms with E-state index in [0.29, 0.717) is 30.5 Å². The van der Waals surface area contributed by atoms with Gasteiger partial charge in [0, 0.05) is 55.0 Å². The van der Waals surface area contributed by atoms with Gasteiger partial charge in [-0.1, -0.05) is 6.58 Å². The molecule has 1 fully saturated rings. The maximum Gasteiger partial charge on any atom is 0.247 e. The number of aromatic nitrogens is 4. The lowest BCUT2D eigenvalue weighted by Crippen LogP contribution is -2.49. The molecule has 3 heterocycles. The van der Waals surface area contributed by atoms with Crippen LogP contribution >= 0.6 is 0 Å². The molecule has 1 aliphatic heterocycles. The van der Waals surface area contributed by atoms with Crippen molar-refractivity contribution in [3.8, 4) is 5.82 Å². The molecular formula is C22H25N7O2. The summed E-state index contributed by atoms with van der Waals surface area (Å²) in [5, 5.41) is 20.0. The van der Waals surface area contributed by atoms with Gasteiger partial charge in [-0.25, -0.2) is 9.67 Å². The van der Waals surface area contributed by atoms with E-state index in [2.05, 4.69) is 37.2 Å². The first-order valence-electron chi connectivity index (χ1n) is 10.0. The molecule has 0 unspecified atom stereocenters. The zero-order valence-corrected chi connectivity index (χ0v) is 17.5. The van der Waals surface area contributed by atoms with Crippen molar-refractivity contribution in [3.63, 3.8) is 0 Å². The molecule has 2 aromatic heterocycles. The van der Waals surface area contributed by atoms with Crippen LogP contribution in [0.5, 0.6) is 0 Å². The molecule has 0 saturated carbocycles. The van der Waals surface area contributed by atoms with Crippen LogP contribution in [-0.2, 0) is 11.3 Å². The van der Waals surface area contributed by atoms with Crippen LogP contribution in [0.15, 0.2) is 49.3 Å². The van der Waals surface area contributed by atoms with E-state index in [9.17, 15) is 9.90 Å². The van der Waals surface area contributed by atoms with E-state index in [0.717, 1.165) is 29.1 Å². The van der Waals surface area contributed by atoms with Crippen molar-refractivity contribution in [1.82, 2.24) is 24.6 Å². The molecule has 4 rings (SSSR count). The third-order valence-corrected chi connectivity index (χ3v) is 4.99. The molecule has 0 atom stereocenters. The maximum absolute atomic E-state index is 11.6. The minimum Gasteiger partial charge on any atom is -0.390 e. The maximum atomic E-state index is 11.6. The van der Waals surface area contributed by atoms with Crippen molar-refractivity contribution in [3.05, 3.63) is 66.1 Å². The molecule has 3 N–H and O–H groups in total. The molecule has 160 valence electrons. The van der Waals surface area contributed by atoms with E-state index < -0.39 is 0 Å². The topological polar surface area (TPSA) is 108 Å². The van der Waals surface area contributed by atoms with E-state index in [1.54, 1.807) is 16.9 Å². The molecule has 0 spiro atoms. The van der Waals surface area contributed by atoms with Crippen molar-refractivity contribution in [2.75, 3.05) is 23.7 Å². The Balaban J connectivity index is 1.51. The summed E-state index contributed by atoms with van der Waals surface area (Å²) < 4.78 is 1.74. The summed E-state index contributed by atoms with van der Waals surface area (Å²) in [5.74, 6) is 0.792. The monoisotopic (exact) mass is 419 g/mol. The van der Waals surface area contributed by atoms with Crippen molar-refractivity contribution in [2.45, 2.75) is 26.5 Å². The standard InChI is InChI=1S/C22H25N7O2/c1-4-21(31)24-17-7-14(2)8-18(9-17)25-22-23-6-5-20(26-22)29-11-16(15(3)27-29)10-28-12-19(30)13-28/h4-9,11,19,30H,1,10,12-13H2,2-3H3,(H,24,31)(H,23,25,26). The smallest absolute Gasteiger partial charge is 0.247 e. The highest BCUT2D eigenvalue weighted by atomic mass is 16.3. The number of aliphatic hydroxyl groups is 1. The molecule has 1 amide bonds. The lowest BCUT2D eigenvalue weighted by Gasteiger charge is -2.35. The lowest BCUT2D eigenvalue weighted by molar-refractivity contribution is -0.111. The van der Waals surface area contributed by atoms with E-state index >= 15 is 0 Å². The van der Waals surface area contributed by atoms with Crippen LogP contribution in [0.1, 0.15) is 16.8 Å². The number of carbonyl (C=O) groups excluding carboxylic acids is 1. The van der Waals surface area contributed by atoms with Gasteiger partial charge in [-0.2, -0.15) is 10.1 Å². The van der Waals surface area contributed by atoms with Gasteiger partial charge in [-0.3, -0.25) is 9.69 Å². The number of anilines is 3. The van der Waals surface area contributed by atoms with Gasteiger partial charge in [-0.15, -0.1) is 0 Å². The fourth-order valence-corrected chi connectivity index (χ4v) is 3.47. The van der Waals surface area contributed by atoms with Gasteiger partial charge in [0.15, 0.2) is 5.82 Å². The van der Waals surface area contributed by atoms with Crippen LogP contribution in [0.25, 0.3) is 5.82 Å². The molecule has 1 aliphatic rings. The number of nitrogens with zero attached hydrogens (tertiary/aromatic N) is 5. The number of β-amino-alcohol motifs (C(OH)–C–C–N with tert-alkyl or cyclic N) is 1. The van der Waals surface area contributed by atoms with Gasteiger partial charge >= 0.3 is 0 Å². The Morgan fingerprint density at radius 1 is 1.29 bits per heavy atom. The summed E-state index contributed by atoms with van der Waals surface area (Å²) in [6, 6.07) is 7.41. The normalized spacial score (nSPS) is 14.2. The zero-order chi connectivity index (χ0) is 22.0. The minimum atomic E-state index is -0.271. The quantitative estimate of drug-likeness (QED) is 0.505. The Morgan fingerprint density at radius 3 is 2.81 bits per heavy atom. The predicted octanol–water partition coefficient (Wildman–Crippen LogP) is 2.32. The second kappa shape index (κ2) is 8.66. The molecule has 0 radical (unpaired) electrons. The fourth-order valence-electron chi connectivity index (χ4n) is 3.47. The Labute approximate surface area is 180 Å². The van der Waals surface area contributed by atoms with E-state index in [1.165, 1.54) is 6.08 Å². The van der Waals surface area contributed by atoms with Crippen LogP contribution in [0.4, 0.5) is 17.3 Å². The highest BCUT2D eigenvalue weighted by Gasteiger charge is 2.25. The van der Waals surface area contributed by atoms with Crippen LogP contribution in [0.3, 0.4) is 0 Å². The number of aliphatic hydroxyl groups excluding tert-OH is 1. The van der Waals surface area contributed by atoms with Crippen molar-refractivity contribution < 1.29 is 9.90 Å². The third-order valence-electron chi connectivity index (χ3n) is 4.99. The van der Waals surface area contributed by atoms with Crippen molar-refractivity contribution in [1.29, 1.82) is 0 Å². The summed E-state index contributed by atoms with van der Waals surface area (Å²) in [6.07, 6.45) is 4.63. The number of hydrogen-bond acceptors (Lipinski definition) is 7. The summed E-state index contributed by atoms with van der Waals surface area (Å²) in [5.41, 5.74) is 4.42. The molecule has 31 heavy (non-hydrogen) atoms. The zero-order valence-electron chi connectivity index (χ0n) is 17.5. The van der Waals surface area contributed by atoms with Crippen molar-refractivity contribution >= 4 is 23.2 Å². The van der Waals surface area contributed by atoms with Crippen LogP contribution in [-0.4, -0.2) is 54.9 Å². The lowest BCUT2D eigenvalue weighted by atomic mass is 10.1. The Bertz CT molecular complexity index is 1120. The van der Waals surface area contributed by atoms with Gasteiger partial charge in [0.25, 0.3) is 0 Å². The largest absolute Gasteiger partial charge is 0.390 e. The number of aryl methyl sites for hydroxylation is 2. The summed E-state index contributed by atoms with van der Waals surface area (Å²) in [6.45, 7) is 9.52. The van der Waals surface area contributed by atoms with Gasteiger partial charge < -0.3 is 15.7 Å². The Kier molecular flexibility index (Phi) is 5.79. The summed E-state index contributed by atoms with van der Waals surface area (Å²) >= 11 is 0.